The zero-order valence-corrected chi connectivity index (χ0v) is 7.00. The van der Waals surface area contributed by atoms with Gasteiger partial charge in [-0.1, -0.05) is 6.07 Å². The first-order chi connectivity index (χ1) is 5.83. The van der Waals surface area contributed by atoms with Gasteiger partial charge in [0.25, 0.3) is 5.69 Å². The lowest BCUT2D eigenvalue weighted by Crippen LogP contribution is -1.86. The fourth-order valence-electron chi connectivity index (χ4n) is 0.942. The molecule has 3 nitrogen and oxygen atoms in total. The molecule has 0 amide bonds. The molecule has 0 saturated heterocycles. The lowest BCUT2D eigenvalue weighted by Gasteiger charge is -2.06. The summed E-state index contributed by atoms with van der Waals surface area (Å²) >= 11 is 0. The van der Waals surface area contributed by atoms with Crippen molar-refractivity contribution in [3.63, 3.8) is 0 Å². The summed E-state index contributed by atoms with van der Waals surface area (Å²) in [5, 5.41) is 0. The topological polar surface area (TPSA) is 22.8 Å². The molecule has 1 rings (SSSR count). The van der Waals surface area contributed by atoms with Crippen molar-refractivity contribution >= 4 is 5.69 Å². The predicted molar refractivity (Wildman–Crippen MR) is 45.8 cm³/mol. The molecule has 0 unspecified atom stereocenters. The van der Waals surface area contributed by atoms with Gasteiger partial charge in [0.15, 0.2) is 0 Å². The van der Waals surface area contributed by atoms with Crippen molar-refractivity contribution in [2.45, 2.75) is 0 Å². The highest BCUT2D eigenvalue weighted by Crippen LogP contribution is 2.36. The SMILES string of the molecule is [C-]#[N+]c1c(OC)cccc1OC. The van der Waals surface area contributed by atoms with E-state index in [1.54, 1.807) is 18.2 Å². The van der Waals surface area contributed by atoms with Crippen LogP contribution in [-0.4, -0.2) is 14.2 Å². The van der Waals surface area contributed by atoms with Gasteiger partial charge in [0.1, 0.15) is 11.5 Å². The van der Waals surface area contributed by atoms with E-state index in [1.807, 2.05) is 0 Å². The van der Waals surface area contributed by atoms with Crippen LogP contribution in [0.5, 0.6) is 11.5 Å². The zero-order chi connectivity index (χ0) is 8.97. The van der Waals surface area contributed by atoms with Gasteiger partial charge in [-0.15, -0.1) is 0 Å². The number of benzene rings is 1. The average Bonchev–Trinajstić information content (AvgIpc) is 2.16. The van der Waals surface area contributed by atoms with Crippen molar-refractivity contribution in [3.05, 3.63) is 29.6 Å². The molecule has 0 atom stereocenters. The summed E-state index contributed by atoms with van der Waals surface area (Å²) in [5.41, 5.74) is 0.419. The molecule has 0 aliphatic carbocycles. The lowest BCUT2D eigenvalue weighted by molar-refractivity contribution is 0.399. The monoisotopic (exact) mass is 163 g/mol. The van der Waals surface area contributed by atoms with Crippen molar-refractivity contribution < 1.29 is 9.47 Å². The van der Waals surface area contributed by atoms with Crippen molar-refractivity contribution in [2.75, 3.05) is 14.2 Å². The molecule has 12 heavy (non-hydrogen) atoms. The van der Waals surface area contributed by atoms with E-state index in [9.17, 15) is 0 Å². The molecule has 0 spiro atoms. The van der Waals surface area contributed by atoms with Crippen LogP contribution in [0, 0.1) is 6.57 Å². The number of nitrogens with zero attached hydrogens (tertiary/aromatic N) is 1. The maximum Gasteiger partial charge on any atom is 0.268 e. The molecule has 1 aromatic rings. The third-order valence-corrected chi connectivity index (χ3v) is 1.51. The molecule has 0 aliphatic rings. The summed E-state index contributed by atoms with van der Waals surface area (Å²) in [6.07, 6.45) is 0. The van der Waals surface area contributed by atoms with Crippen molar-refractivity contribution in [2.24, 2.45) is 0 Å². The van der Waals surface area contributed by atoms with Crippen LogP contribution in [0.4, 0.5) is 5.69 Å². The Morgan fingerprint density at radius 3 is 2.00 bits per heavy atom. The first-order valence-corrected chi connectivity index (χ1v) is 3.42. The Morgan fingerprint density at radius 1 is 1.17 bits per heavy atom. The van der Waals surface area contributed by atoms with E-state index >= 15 is 0 Å². The number of hydrogen-bond acceptors (Lipinski definition) is 2. The molecule has 0 saturated carbocycles. The van der Waals surface area contributed by atoms with Crippen LogP contribution in [-0.2, 0) is 0 Å². The Kier molecular flexibility index (Phi) is 2.54. The Morgan fingerprint density at radius 2 is 1.67 bits per heavy atom. The van der Waals surface area contributed by atoms with Gasteiger partial charge in [-0.3, -0.25) is 0 Å². The minimum absolute atomic E-state index is 0.419. The first kappa shape index (κ1) is 8.41. The average molecular weight is 163 g/mol. The third-order valence-electron chi connectivity index (χ3n) is 1.51. The van der Waals surface area contributed by atoms with E-state index in [1.165, 1.54) is 14.2 Å². The lowest BCUT2D eigenvalue weighted by atomic mass is 10.3. The highest BCUT2D eigenvalue weighted by Gasteiger charge is 2.07. The fourth-order valence-corrected chi connectivity index (χ4v) is 0.942. The number of ether oxygens (including phenoxy) is 2. The summed E-state index contributed by atoms with van der Waals surface area (Å²) in [6, 6.07) is 5.25. The van der Waals surface area contributed by atoms with Crippen LogP contribution in [0.15, 0.2) is 18.2 Å². The van der Waals surface area contributed by atoms with Crippen LogP contribution in [0.1, 0.15) is 0 Å². The Balaban J connectivity index is 3.25. The predicted octanol–water partition coefficient (Wildman–Crippen LogP) is 2.25. The van der Waals surface area contributed by atoms with E-state index < -0.39 is 0 Å². The minimum Gasteiger partial charge on any atom is -0.508 e. The largest absolute Gasteiger partial charge is 0.508 e. The standard InChI is InChI=1S/C9H9NO2/c1-10-9-7(11-2)5-4-6-8(9)12-3/h4-6H,2-3H3. The molecule has 0 radical (unpaired) electrons. The van der Waals surface area contributed by atoms with E-state index in [0.717, 1.165) is 0 Å². The Labute approximate surface area is 71.4 Å². The molecule has 0 fully saturated rings. The smallest absolute Gasteiger partial charge is 0.268 e. The van der Waals surface area contributed by atoms with Crippen LogP contribution >= 0.6 is 0 Å². The van der Waals surface area contributed by atoms with Gasteiger partial charge in [0, 0.05) is 0 Å². The Bertz CT molecular complexity index is 293. The van der Waals surface area contributed by atoms with E-state index in [0.29, 0.717) is 17.2 Å². The zero-order valence-electron chi connectivity index (χ0n) is 7.00. The number of methoxy groups -OCH3 is 2. The fraction of sp³-hybridized carbons (Fsp3) is 0.222. The quantitative estimate of drug-likeness (QED) is 0.624. The number of rotatable bonds is 2. The second kappa shape index (κ2) is 3.63. The Hall–Kier alpha value is -1.69. The highest BCUT2D eigenvalue weighted by molar-refractivity contribution is 5.66. The van der Waals surface area contributed by atoms with Crippen molar-refractivity contribution in [3.8, 4) is 11.5 Å². The molecule has 0 aromatic heterocycles. The summed E-state index contributed by atoms with van der Waals surface area (Å²) in [7, 11) is 3.06. The summed E-state index contributed by atoms with van der Waals surface area (Å²) in [6.45, 7) is 6.90. The maximum absolute atomic E-state index is 6.90. The molecule has 0 aliphatic heterocycles. The molecular formula is C9H9NO2. The maximum atomic E-state index is 6.90. The van der Waals surface area contributed by atoms with Crippen LogP contribution in [0.2, 0.25) is 0 Å². The number of para-hydroxylation sites is 1. The highest BCUT2D eigenvalue weighted by atomic mass is 16.5. The molecule has 62 valence electrons. The van der Waals surface area contributed by atoms with Gasteiger partial charge in [0.2, 0.25) is 0 Å². The van der Waals surface area contributed by atoms with Gasteiger partial charge >= 0.3 is 0 Å². The van der Waals surface area contributed by atoms with Crippen LogP contribution < -0.4 is 9.47 Å². The summed E-state index contributed by atoms with van der Waals surface area (Å²) in [5.74, 6) is 1.09. The van der Waals surface area contributed by atoms with Crippen molar-refractivity contribution in [1.82, 2.24) is 0 Å². The van der Waals surface area contributed by atoms with E-state index in [4.69, 9.17) is 16.0 Å². The van der Waals surface area contributed by atoms with Gasteiger partial charge in [0.05, 0.1) is 20.8 Å². The third kappa shape index (κ3) is 1.32. The van der Waals surface area contributed by atoms with Crippen molar-refractivity contribution in [1.29, 1.82) is 0 Å². The van der Waals surface area contributed by atoms with Gasteiger partial charge in [-0.25, -0.2) is 4.85 Å². The molecule has 3 heteroatoms. The van der Waals surface area contributed by atoms with Gasteiger partial charge in [-0.05, 0) is 12.1 Å². The second-order valence-electron chi connectivity index (χ2n) is 2.12. The summed E-state index contributed by atoms with van der Waals surface area (Å²) in [4.78, 5) is 3.31. The molecule has 0 heterocycles. The summed E-state index contributed by atoms with van der Waals surface area (Å²) < 4.78 is 9.97. The van der Waals surface area contributed by atoms with Gasteiger partial charge in [-0.2, -0.15) is 0 Å². The normalized spacial score (nSPS) is 8.75. The molecule has 1 aromatic carbocycles. The molecule has 0 bridgehead atoms. The van der Waals surface area contributed by atoms with Gasteiger partial charge < -0.3 is 9.47 Å². The van der Waals surface area contributed by atoms with Crippen LogP contribution in [0.25, 0.3) is 4.85 Å². The minimum atomic E-state index is 0.419. The molecule has 0 N–H and O–H groups in total. The van der Waals surface area contributed by atoms with Crippen LogP contribution in [0.3, 0.4) is 0 Å². The first-order valence-electron chi connectivity index (χ1n) is 3.42. The molecular weight excluding hydrogens is 154 g/mol. The second-order valence-corrected chi connectivity index (χ2v) is 2.12. The number of hydrogen-bond donors (Lipinski definition) is 0. The van der Waals surface area contributed by atoms with E-state index in [-0.39, 0.29) is 0 Å². The van der Waals surface area contributed by atoms with E-state index in [2.05, 4.69) is 4.85 Å².